The fourth-order valence-electron chi connectivity index (χ4n) is 2.80. The van der Waals surface area contributed by atoms with E-state index in [1.165, 1.54) is 30.5 Å². The summed E-state index contributed by atoms with van der Waals surface area (Å²) in [5, 5.41) is 5.15. The third kappa shape index (κ3) is 3.92. The third-order valence-corrected chi connectivity index (χ3v) is 4.25. The van der Waals surface area contributed by atoms with Crippen molar-refractivity contribution >= 4 is 23.2 Å². The molecule has 0 unspecified atom stereocenters. The molecule has 0 saturated carbocycles. The Balaban J connectivity index is 1.68. The Bertz CT molecular complexity index is 821. The molecule has 2 atom stereocenters. The highest BCUT2D eigenvalue weighted by Gasteiger charge is 2.30. The summed E-state index contributed by atoms with van der Waals surface area (Å²) < 4.78 is 24.6. The second kappa shape index (κ2) is 7.67. The zero-order chi connectivity index (χ0) is 18.7. The summed E-state index contributed by atoms with van der Waals surface area (Å²) in [6, 6.07) is 5.45. The number of hydrogen-bond donors (Lipinski definition) is 3. The van der Waals surface area contributed by atoms with E-state index in [1.54, 1.807) is 6.92 Å². The molecule has 0 aliphatic carbocycles. The molecule has 0 radical (unpaired) electrons. The molecular weight excluding hydrogens is 341 g/mol. The van der Waals surface area contributed by atoms with Crippen LogP contribution in [0.5, 0.6) is 0 Å². The molecule has 2 aromatic rings. The van der Waals surface area contributed by atoms with Crippen molar-refractivity contribution in [2.45, 2.75) is 32.0 Å². The van der Waals surface area contributed by atoms with E-state index in [9.17, 15) is 14.0 Å². The fraction of sp³-hybridized carbons (Fsp3) is 0.333. The molecule has 1 fully saturated rings. The Morgan fingerprint density at radius 2 is 2.08 bits per heavy atom. The molecule has 26 heavy (non-hydrogen) atoms. The van der Waals surface area contributed by atoms with Crippen LogP contribution >= 0.6 is 0 Å². The van der Waals surface area contributed by atoms with E-state index >= 15 is 0 Å². The molecule has 2 heterocycles. The van der Waals surface area contributed by atoms with Gasteiger partial charge in [0.2, 0.25) is 0 Å². The molecular formula is C18H20FN3O4. The van der Waals surface area contributed by atoms with Gasteiger partial charge in [-0.15, -0.1) is 0 Å². The monoisotopic (exact) mass is 361 g/mol. The SMILES string of the molecule is Cc1occc1C(=O)Nc1cc(NC(=O)[C@@H]2CC[C@H](CN)O2)ccc1F. The first-order valence-electron chi connectivity index (χ1n) is 8.29. The van der Waals surface area contributed by atoms with Crippen molar-refractivity contribution in [2.24, 2.45) is 5.73 Å². The first-order chi connectivity index (χ1) is 12.5. The van der Waals surface area contributed by atoms with Crippen molar-refractivity contribution in [1.82, 2.24) is 0 Å². The summed E-state index contributed by atoms with van der Waals surface area (Å²) in [5.74, 6) is -1.00. The lowest BCUT2D eigenvalue weighted by Crippen LogP contribution is -2.29. The van der Waals surface area contributed by atoms with Crippen LogP contribution in [0.25, 0.3) is 0 Å². The van der Waals surface area contributed by atoms with E-state index in [4.69, 9.17) is 14.9 Å². The van der Waals surface area contributed by atoms with Gasteiger partial charge in [-0.1, -0.05) is 0 Å². The van der Waals surface area contributed by atoms with Crippen molar-refractivity contribution < 1.29 is 23.1 Å². The van der Waals surface area contributed by atoms with Crippen molar-refractivity contribution in [1.29, 1.82) is 0 Å². The average molecular weight is 361 g/mol. The van der Waals surface area contributed by atoms with Crippen molar-refractivity contribution in [2.75, 3.05) is 17.2 Å². The van der Waals surface area contributed by atoms with Gasteiger partial charge in [-0.25, -0.2) is 4.39 Å². The first-order valence-corrected chi connectivity index (χ1v) is 8.29. The number of amides is 2. The van der Waals surface area contributed by atoms with E-state index in [-0.39, 0.29) is 17.7 Å². The van der Waals surface area contributed by atoms with Crippen LogP contribution < -0.4 is 16.4 Å². The lowest BCUT2D eigenvalue weighted by Gasteiger charge is -2.14. The summed E-state index contributed by atoms with van der Waals surface area (Å²) >= 11 is 0. The number of furan rings is 1. The van der Waals surface area contributed by atoms with Crippen LogP contribution in [0.15, 0.2) is 34.9 Å². The highest BCUT2D eigenvalue weighted by molar-refractivity contribution is 6.05. The first kappa shape index (κ1) is 18.1. The zero-order valence-electron chi connectivity index (χ0n) is 14.3. The average Bonchev–Trinajstić information content (AvgIpc) is 3.26. The third-order valence-electron chi connectivity index (χ3n) is 4.25. The maximum atomic E-state index is 14.0. The molecule has 4 N–H and O–H groups in total. The molecule has 7 nitrogen and oxygen atoms in total. The van der Waals surface area contributed by atoms with Gasteiger partial charge in [0.1, 0.15) is 17.7 Å². The van der Waals surface area contributed by atoms with Gasteiger partial charge in [0.15, 0.2) is 0 Å². The molecule has 2 amide bonds. The van der Waals surface area contributed by atoms with Gasteiger partial charge in [-0.05, 0) is 44.0 Å². The molecule has 1 aliphatic heterocycles. The minimum atomic E-state index is -0.613. The highest BCUT2D eigenvalue weighted by atomic mass is 19.1. The van der Waals surface area contributed by atoms with Crippen molar-refractivity contribution in [3.05, 3.63) is 47.7 Å². The summed E-state index contributed by atoms with van der Waals surface area (Å²) in [4.78, 5) is 24.5. The Labute approximate surface area is 149 Å². The number of aryl methyl sites for hydroxylation is 1. The molecule has 1 aromatic carbocycles. The van der Waals surface area contributed by atoms with Crippen LogP contribution in [0.3, 0.4) is 0 Å². The van der Waals surface area contributed by atoms with Crippen molar-refractivity contribution in [3.8, 4) is 0 Å². The number of nitrogens with two attached hydrogens (primary N) is 1. The number of carbonyl (C=O) groups is 2. The number of anilines is 2. The maximum absolute atomic E-state index is 14.0. The zero-order valence-corrected chi connectivity index (χ0v) is 14.3. The Morgan fingerprint density at radius 1 is 1.27 bits per heavy atom. The lowest BCUT2D eigenvalue weighted by molar-refractivity contribution is -0.126. The lowest BCUT2D eigenvalue weighted by atomic mass is 10.2. The number of nitrogens with one attached hydrogen (secondary N) is 2. The normalized spacial score (nSPS) is 19.3. The highest BCUT2D eigenvalue weighted by Crippen LogP contribution is 2.24. The smallest absolute Gasteiger partial charge is 0.259 e. The van der Waals surface area contributed by atoms with E-state index < -0.39 is 17.8 Å². The second-order valence-electron chi connectivity index (χ2n) is 6.09. The number of rotatable bonds is 5. The van der Waals surface area contributed by atoms with Crippen LogP contribution in [-0.4, -0.2) is 30.6 Å². The minimum absolute atomic E-state index is 0.0411. The van der Waals surface area contributed by atoms with E-state index in [2.05, 4.69) is 10.6 Å². The van der Waals surface area contributed by atoms with Gasteiger partial charge in [0, 0.05) is 12.2 Å². The van der Waals surface area contributed by atoms with Crippen LogP contribution in [0.1, 0.15) is 29.0 Å². The summed E-state index contributed by atoms with van der Waals surface area (Å²) in [5.41, 5.74) is 6.16. The van der Waals surface area contributed by atoms with Crippen LogP contribution in [0.4, 0.5) is 15.8 Å². The van der Waals surface area contributed by atoms with Crippen LogP contribution in [0, 0.1) is 12.7 Å². The van der Waals surface area contributed by atoms with Crippen LogP contribution in [-0.2, 0) is 9.53 Å². The number of halogens is 1. The molecule has 8 heteroatoms. The fourth-order valence-corrected chi connectivity index (χ4v) is 2.80. The molecule has 1 saturated heterocycles. The maximum Gasteiger partial charge on any atom is 0.259 e. The molecule has 1 aromatic heterocycles. The predicted octanol–water partition coefficient (Wildman–Crippen LogP) is 2.42. The van der Waals surface area contributed by atoms with E-state index in [0.29, 0.717) is 30.0 Å². The van der Waals surface area contributed by atoms with Gasteiger partial charge in [0.05, 0.1) is 23.6 Å². The Hall–Kier alpha value is -2.71. The molecule has 3 rings (SSSR count). The molecule has 1 aliphatic rings. The second-order valence-corrected chi connectivity index (χ2v) is 6.09. The molecule has 138 valence electrons. The van der Waals surface area contributed by atoms with E-state index in [0.717, 1.165) is 6.42 Å². The number of carbonyl (C=O) groups excluding carboxylic acids is 2. The summed E-state index contributed by atoms with van der Waals surface area (Å²) in [6.07, 6.45) is 1.99. The Kier molecular flexibility index (Phi) is 5.34. The quantitative estimate of drug-likeness (QED) is 0.758. The topological polar surface area (TPSA) is 107 Å². The van der Waals surface area contributed by atoms with Crippen molar-refractivity contribution in [3.63, 3.8) is 0 Å². The van der Waals surface area contributed by atoms with E-state index in [1.807, 2.05) is 0 Å². The van der Waals surface area contributed by atoms with Gasteiger partial charge in [0.25, 0.3) is 11.8 Å². The largest absolute Gasteiger partial charge is 0.469 e. The standard InChI is InChI=1S/C18H20FN3O4/c1-10-13(6-7-25-10)17(23)22-15-8-11(2-4-14(15)19)21-18(24)16-5-3-12(9-20)26-16/h2,4,6-8,12,16H,3,5,9,20H2,1H3,(H,21,24)(H,22,23)/t12-,16+/m1/s1. The minimum Gasteiger partial charge on any atom is -0.469 e. The molecule has 0 spiro atoms. The summed E-state index contributed by atoms with van der Waals surface area (Å²) in [7, 11) is 0. The van der Waals surface area contributed by atoms with Gasteiger partial charge < -0.3 is 25.5 Å². The predicted molar refractivity (Wildman–Crippen MR) is 93.4 cm³/mol. The number of hydrogen-bond acceptors (Lipinski definition) is 5. The number of ether oxygens (including phenoxy) is 1. The Morgan fingerprint density at radius 3 is 2.73 bits per heavy atom. The molecule has 0 bridgehead atoms. The van der Waals surface area contributed by atoms with Gasteiger partial charge in [-0.3, -0.25) is 9.59 Å². The van der Waals surface area contributed by atoms with Gasteiger partial charge >= 0.3 is 0 Å². The summed E-state index contributed by atoms with van der Waals surface area (Å²) in [6.45, 7) is 2.00. The van der Waals surface area contributed by atoms with Gasteiger partial charge in [-0.2, -0.15) is 0 Å². The number of benzene rings is 1. The van der Waals surface area contributed by atoms with Crippen LogP contribution in [0.2, 0.25) is 0 Å².